The van der Waals surface area contributed by atoms with Gasteiger partial charge in [0, 0.05) is 17.3 Å². The van der Waals surface area contributed by atoms with Crippen LogP contribution < -0.4 is 15.8 Å². The number of nitrogens with zero attached hydrogens (tertiary/aromatic N) is 4. The molecule has 4 rings (SSSR count). The molecule has 2 aromatic heterocycles. The van der Waals surface area contributed by atoms with E-state index in [-0.39, 0.29) is 11.6 Å². The Kier molecular flexibility index (Phi) is 7.13. The summed E-state index contributed by atoms with van der Waals surface area (Å²) in [5.41, 5.74) is 5.86. The Labute approximate surface area is 190 Å². The van der Waals surface area contributed by atoms with Crippen molar-refractivity contribution in [3.63, 3.8) is 0 Å². The molecule has 170 valence electrons. The lowest BCUT2D eigenvalue weighted by Gasteiger charge is -2.08. The van der Waals surface area contributed by atoms with E-state index < -0.39 is 11.7 Å². The van der Waals surface area contributed by atoms with Gasteiger partial charge in [-0.2, -0.15) is 27.3 Å². The van der Waals surface area contributed by atoms with E-state index in [9.17, 15) is 13.2 Å². The maximum absolute atomic E-state index is 12.9. The van der Waals surface area contributed by atoms with E-state index in [0.29, 0.717) is 34.7 Å². The van der Waals surface area contributed by atoms with Gasteiger partial charge in [0.2, 0.25) is 11.8 Å². The standard InChI is InChI=1S/C20H16F3N7O.OS/c1-11-25-16(24)10-17(26-11)31-15-7-5-12(6-8-15)18-28-19(30-29-18)27-14-4-2-3-13(9-14)20(21,22)23;1-2/h2-10H,1H3,(H2,24,25,26)(H2,27,28,29,30);. The highest BCUT2D eigenvalue weighted by atomic mass is 32.1. The van der Waals surface area contributed by atoms with Gasteiger partial charge in [0.15, 0.2) is 18.4 Å². The largest absolute Gasteiger partial charge is 0.439 e. The lowest BCUT2D eigenvalue weighted by Crippen LogP contribution is -2.05. The summed E-state index contributed by atoms with van der Waals surface area (Å²) in [6.07, 6.45) is -4.43. The Morgan fingerprint density at radius 3 is 2.42 bits per heavy atom. The molecule has 0 amide bonds. The highest BCUT2D eigenvalue weighted by Gasteiger charge is 2.30. The van der Waals surface area contributed by atoms with Crippen LogP contribution in [0, 0.1) is 6.92 Å². The molecule has 9 nitrogen and oxygen atoms in total. The number of hydrogen-bond donors (Lipinski definition) is 3. The summed E-state index contributed by atoms with van der Waals surface area (Å²) in [5, 5.41) is 9.50. The van der Waals surface area contributed by atoms with E-state index in [1.54, 1.807) is 31.2 Å². The average molecular weight is 475 g/mol. The van der Waals surface area contributed by atoms with Crippen LogP contribution in [0.5, 0.6) is 11.6 Å². The van der Waals surface area contributed by atoms with E-state index >= 15 is 0 Å². The van der Waals surface area contributed by atoms with Crippen LogP contribution in [0.15, 0.2) is 54.6 Å². The number of aromatic nitrogens is 5. The number of nitrogens with one attached hydrogen (secondary N) is 2. The Hall–Kier alpha value is -4.13. The van der Waals surface area contributed by atoms with Crippen LogP contribution in [-0.2, 0) is 18.7 Å². The third-order valence-corrected chi connectivity index (χ3v) is 4.12. The maximum Gasteiger partial charge on any atom is 0.416 e. The molecule has 0 radical (unpaired) electrons. The Morgan fingerprint density at radius 1 is 1.03 bits per heavy atom. The molecule has 0 atom stereocenters. The predicted molar refractivity (Wildman–Crippen MR) is 116 cm³/mol. The number of halogens is 3. The third-order valence-electron chi connectivity index (χ3n) is 4.12. The first-order chi connectivity index (χ1) is 15.8. The number of anilines is 3. The van der Waals surface area contributed by atoms with Crippen LogP contribution >= 0.6 is 0 Å². The van der Waals surface area contributed by atoms with Gasteiger partial charge in [0.05, 0.1) is 5.56 Å². The lowest BCUT2D eigenvalue weighted by molar-refractivity contribution is -0.137. The van der Waals surface area contributed by atoms with Gasteiger partial charge in [-0.05, 0) is 49.4 Å². The molecule has 0 fully saturated rings. The van der Waals surface area contributed by atoms with Crippen molar-refractivity contribution in [3.05, 3.63) is 66.0 Å². The molecule has 0 aliphatic carbocycles. The quantitative estimate of drug-likeness (QED) is 0.385. The van der Waals surface area contributed by atoms with Gasteiger partial charge in [0.25, 0.3) is 0 Å². The first-order valence-electron chi connectivity index (χ1n) is 9.19. The van der Waals surface area contributed by atoms with E-state index in [1.165, 1.54) is 18.2 Å². The van der Waals surface area contributed by atoms with Gasteiger partial charge in [-0.3, -0.25) is 5.10 Å². The van der Waals surface area contributed by atoms with Gasteiger partial charge in [-0.15, -0.1) is 5.10 Å². The molecule has 2 aromatic carbocycles. The fraction of sp³-hybridized carbons (Fsp3) is 0.100. The summed E-state index contributed by atoms with van der Waals surface area (Å²) in [5.74, 6) is 2.23. The highest BCUT2D eigenvalue weighted by Crippen LogP contribution is 2.31. The number of H-pyrrole nitrogens is 1. The third kappa shape index (κ3) is 6.20. The Morgan fingerprint density at radius 2 is 1.76 bits per heavy atom. The summed E-state index contributed by atoms with van der Waals surface area (Å²) >= 11 is 2.83. The molecule has 0 spiro atoms. The summed E-state index contributed by atoms with van der Waals surface area (Å²) in [7, 11) is 0. The highest BCUT2D eigenvalue weighted by molar-refractivity contribution is 7.44. The second-order valence-electron chi connectivity index (χ2n) is 6.52. The topological polar surface area (TPSA) is 132 Å². The predicted octanol–water partition coefficient (Wildman–Crippen LogP) is 4.37. The minimum Gasteiger partial charge on any atom is -0.439 e. The molecule has 0 bridgehead atoms. The van der Waals surface area contributed by atoms with Crippen molar-refractivity contribution in [2.24, 2.45) is 0 Å². The fourth-order valence-electron chi connectivity index (χ4n) is 2.77. The van der Waals surface area contributed by atoms with E-state index in [2.05, 4.69) is 43.0 Å². The van der Waals surface area contributed by atoms with Crippen molar-refractivity contribution in [2.45, 2.75) is 13.1 Å². The molecule has 4 aromatic rings. The SMILES string of the molecule is Cc1nc(N)cc(Oc2ccc(-c3nc(Nc4cccc(C(F)(F)F)c4)n[nH]3)cc2)n1.O=S. The second kappa shape index (κ2) is 9.99. The van der Waals surface area contributed by atoms with Crippen molar-refractivity contribution in [3.8, 4) is 23.0 Å². The zero-order chi connectivity index (χ0) is 24.0. The Bertz CT molecular complexity index is 1210. The molecule has 0 aliphatic heterocycles. The van der Waals surface area contributed by atoms with Crippen LogP contribution in [0.3, 0.4) is 0 Å². The van der Waals surface area contributed by atoms with Gasteiger partial charge < -0.3 is 15.8 Å². The summed E-state index contributed by atoms with van der Waals surface area (Å²) in [4.78, 5) is 12.4. The molecule has 4 N–H and O–H groups in total. The van der Waals surface area contributed by atoms with Crippen LogP contribution in [0.1, 0.15) is 11.4 Å². The minimum absolute atomic E-state index is 0.140. The smallest absolute Gasteiger partial charge is 0.416 e. The van der Waals surface area contributed by atoms with Crippen molar-refractivity contribution >= 4 is 30.0 Å². The second-order valence-corrected chi connectivity index (χ2v) is 6.52. The number of hydrogen-bond acceptors (Lipinski definition) is 9. The van der Waals surface area contributed by atoms with Gasteiger partial charge in [0.1, 0.15) is 17.4 Å². The molecule has 13 heteroatoms. The normalized spacial score (nSPS) is 10.8. The number of alkyl halides is 3. The molecule has 0 unspecified atom stereocenters. The van der Waals surface area contributed by atoms with Gasteiger partial charge in [-0.1, -0.05) is 6.07 Å². The monoisotopic (exact) mass is 475 g/mol. The van der Waals surface area contributed by atoms with Gasteiger partial charge in [-0.25, -0.2) is 4.98 Å². The van der Waals surface area contributed by atoms with E-state index in [4.69, 9.17) is 14.7 Å². The van der Waals surface area contributed by atoms with Crippen LogP contribution in [-0.4, -0.2) is 29.4 Å². The lowest BCUT2D eigenvalue weighted by atomic mass is 10.2. The zero-order valence-corrected chi connectivity index (χ0v) is 17.7. The minimum atomic E-state index is -4.43. The molecule has 0 saturated heterocycles. The first kappa shape index (κ1) is 23.5. The Balaban J connectivity index is 0.00000149. The maximum atomic E-state index is 12.9. The number of aryl methyl sites for hydroxylation is 1. The number of rotatable bonds is 5. The van der Waals surface area contributed by atoms with Crippen LogP contribution in [0.4, 0.5) is 30.6 Å². The summed E-state index contributed by atoms with van der Waals surface area (Å²) in [6.45, 7) is 1.71. The van der Waals surface area contributed by atoms with Crippen LogP contribution in [0.2, 0.25) is 0 Å². The van der Waals surface area contributed by atoms with Crippen molar-refractivity contribution in [1.29, 1.82) is 0 Å². The number of nitrogen functional groups attached to an aromatic ring is 1. The van der Waals surface area contributed by atoms with Crippen molar-refractivity contribution in [1.82, 2.24) is 25.1 Å². The van der Waals surface area contributed by atoms with Crippen molar-refractivity contribution < 1.29 is 22.1 Å². The number of ether oxygens (including phenoxy) is 1. The number of benzene rings is 2. The van der Waals surface area contributed by atoms with E-state index in [1.807, 2.05) is 0 Å². The van der Waals surface area contributed by atoms with Crippen LogP contribution in [0.25, 0.3) is 11.4 Å². The fourth-order valence-corrected chi connectivity index (χ4v) is 2.77. The molecular formula is C20H16F3N7O2S. The molecule has 0 aliphatic rings. The average Bonchev–Trinajstić information content (AvgIpc) is 3.23. The number of nitrogens with two attached hydrogens (primary N) is 1. The van der Waals surface area contributed by atoms with Crippen molar-refractivity contribution in [2.75, 3.05) is 11.1 Å². The number of aromatic amines is 1. The van der Waals surface area contributed by atoms with Gasteiger partial charge >= 0.3 is 6.18 Å². The molecule has 2 heterocycles. The first-order valence-corrected chi connectivity index (χ1v) is 9.52. The zero-order valence-electron chi connectivity index (χ0n) is 16.9. The summed E-state index contributed by atoms with van der Waals surface area (Å²) in [6, 6.07) is 13.2. The molecule has 0 saturated carbocycles. The molecule has 33 heavy (non-hydrogen) atoms. The summed E-state index contributed by atoms with van der Waals surface area (Å²) < 4.78 is 52.1. The molecular weight excluding hydrogens is 459 g/mol. The van der Waals surface area contributed by atoms with E-state index in [0.717, 1.165) is 12.1 Å².